The lowest BCUT2D eigenvalue weighted by atomic mass is 9.63. The van der Waals surface area contributed by atoms with Crippen LogP contribution < -0.4 is 10.6 Å². The molecule has 6 aliphatic rings. The predicted molar refractivity (Wildman–Crippen MR) is 188 cm³/mol. The summed E-state index contributed by atoms with van der Waals surface area (Å²) >= 11 is 0. The fourth-order valence-corrected chi connectivity index (χ4v) is 10.4. The maximum Gasteiger partial charge on any atom is 0.306 e. The van der Waals surface area contributed by atoms with Crippen molar-refractivity contribution in [1.29, 1.82) is 0 Å². The molecular weight excluding hydrogens is 598 g/mol. The second kappa shape index (κ2) is 13.4. The molecule has 4 bridgehead atoms. The molecule has 0 amide bonds. The minimum Gasteiger partial charge on any atom is -0.481 e. The van der Waals surface area contributed by atoms with Crippen LogP contribution in [0.5, 0.6) is 0 Å². The third-order valence-electron chi connectivity index (χ3n) is 12.8. The van der Waals surface area contributed by atoms with Crippen molar-refractivity contribution < 1.29 is 9.90 Å². The average Bonchev–Trinajstić information content (AvgIpc) is 3.54. The van der Waals surface area contributed by atoms with Crippen molar-refractivity contribution in [1.82, 2.24) is 24.6 Å². The van der Waals surface area contributed by atoms with Crippen LogP contribution in [0, 0.1) is 23.7 Å². The summed E-state index contributed by atoms with van der Waals surface area (Å²) in [5.74, 6) is 3.55. The summed E-state index contributed by atoms with van der Waals surface area (Å²) in [4.78, 5) is 25.0. The van der Waals surface area contributed by atoms with E-state index in [9.17, 15) is 9.90 Å². The number of benzene rings is 1. The maximum absolute atomic E-state index is 11.6. The summed E-state index contributed by atoms with van der Waals surface area (Å²) in [6, 6.07) is 12.6. The molecule has 9 rings (SSSR count). The molecule has 9 heteroatoms. The van der Waals surface area contributed by atoms with Gasteiger partial charge in [0.2, 0.25) is 5.95 Å². The van der Waals surface area contributed by atoms with Gasteiger partial charge in [-0.3, -0.25) is 14.4 Å². The van der Waals surface area contributed by atoms with Crippen molar-refractivity contribution in [3.05, 3.63) is 65.1 Å². The largest absolute Gasteiger partial charge is 0.481 e. The van der Waals surface area contributed by atoms with Crippen LogP contribution in [0.4, 0.5) is 11.8 Å². The summed E-state index contributed by atoms with van der Waals surface area (Å²) in [5.41, 5.74) is 5.02. The van der Waals surface area contributed by atoms with Crippen LogP contribution in [0.2, 0.25) is 0 Å². The van der Waals surface area contributed by atoms with E-state index in [1.54, 1.807) is 0 Å². The topological polar surface area (TPSA) is 108 Å². The standard InChI is InChI=1S/C39H53N7O2/c1-3-34(27-9-11-28(12-10-27)38(47)48)42-39-43-35-14-13-29(26-7-5-4-6-8-26)20-33(35)37(44-39)41-36(30-21-40-45(2)22-30)23-46-31-16-24-15-25(18-31)19-32(46)17-24/h4-8,21-22,24-25,27-29,31-32,34,36H,3,9-20,23H2,1-2H3,(H,47,48)(H2,41,42,43,44)/t24?,25?,27?,28?,29-,31?,32?,34-,36+/m1/s1. The number of anilines is 2. The SMILES string of the molecule is CC[C@@H](Nc1nc2c(c(N[C@@H](CN3C4CC5CC(C4)CC3C5)c3cnn(C)c3)n1)C[C@H](c1ccccc1)CC2)C1CCC(C(=O)O)CC1. The first-order chi connectivity index (χ1) is 23.4. The lowest BCUT2D eigenvalue weighted by Crippen LogP contribution is -2.59. The average molecular weight is 652 g/mol. The van der Waals surface area contributed by atoms with Crippen LogP contribution in [0.1, 0.15) is 112 Å². The fourth-order valence-electron chi connectivity index (χ4n) is 10.4. The number of fused-ring (bicyclic) bond motifs is 1. The van der Waals surface area contributed by atoms with E-state index in [1.807, 2.05) is 17.9 Å². The van der Waals surface area contributed by atoms with E-state index in [2.05, 4.69) is 64.1 Å². The van der Waals surface area contributed by atoms with Crippen molar-refractivity contribution in [3.8, 4) is 0 Å². The second-order valence-corrected chi connectivity index (χ2v) is 15.8. The van der Waals surface area contributed by atoms with Gasteiger partial charge < -0.3 is 15.7 Å². The maximum atomic E-state index is 11.6. The van der Waals surface area contributed by atoms with Crippen LogP contribution in [0.3, 0.4) is 0 Å². The van der Waals surface area contributed by atoms with Gasteiger partial charge in [-0.1, -0.05) is 37.3 Å². The number of rotatable bonds is 11. The molecule has 9 nitrogen and oxygen atoms in total. The van der Waals surface area contributed by atoms with E-state index in [0.717, 1.165) is 81.3 Å². The zero-order chi connectivity index (χ0) is 32.8. The van der Waals surface area contributed by atoms with Gasteiger partial charge in [-0.25, -0.2) is 4.98 Å². The highest BCUT2D eigenvalue weighted by Gasteiger charge is 2.47. The van der Waals surface area contributed by atoms with Gasteiger partial charge in [0.25, 0.3) is 0 Å². The predicted octanol–water partition coefficient (Wildman–Crippen LogP) is 6.98. The quantitative estimate of drug-likeness (QED) is 0.204. The van der Waals surface area contributed by atoms with Gasteiger partial charge in [0, 0.05) is 49.0 Å². The Labute approximate surface area is 285 Å². The Bertz CT molecular complexity index is 1550. The summed E-state index contributed by atoms with van der Waals surface area (Å²) in [5, 5.41) is 22.0. The molecule has 0 radical (unpaired) electrons. The number of carboxylic acid groups (broad SMARTS) is 1. The number of hydrogen-bond donors (Lipinski definition) is 3. The molecule has 1 aromatic carbocycles. The Morgan fingerprint density at radius 3 is 2.33 bits per heavy atom. The summed E-state index contributed by atoms with van der Waals surface area (Å²) in [6.07, 6.45) is 18.4. The second-order valence-electron chi connectivity index (χ2n) is 15.8. The van der Waals surface area contributed by atoms with Crippen LogP contribution in [-0.2, 0) is 24.7 Å². The highest BCUT2D eigenvalue weighted by atomic mass is 16.4. The van der Waals surface area contributed by atoms with Gasteiger partial charge in [0.15, 0.2) is 0 Å². The van der Waals surface area contributed by atoms with Gasteiger partial charge >= 0.3 is 5.97 Å². The lowest BCUT2D eigenvalue weighted by molar-refractivity contribution is -0.143. The molecule has 4 heterocycles. The molecule has 48 heavy (non-hydrogen) atoms. The Balaban J connectivity index is 1.10. The minimum absolute atomic E-state index is 0.0773. The van der Waals surface area contributed by atoms with Gasteiger partial charge in [-0.05, 0) is 113 Å². The van der Waals surface area contributed by atoms with Gasteiger partial charge in [-0.15, -0.1) is 0 Å². The van der Waals surface area contributed by atoms with E-state index in [0.29, 0.717) is 29.9 Å². The van der Waals surface area contributed by atoms with Crippen LogP contribution in [0.25, 0.3) is 0 Å². The molecule has 4 aliphatic carbocycles. The number of hydrogen-bond acceptors (Lipinski definition) is 7. The third kappa shape index (κ3) is 6.47. The Hall–Kier alpha value is -3.46. The molecule has 3 saturated carbocycles. The Morgan fingerprint density at radius 2 is 1.69 bits per heavy atom. The number of nitrogens with zero attached hydrogens (tertiary/aromatic N) is 5. The fraction of sp³-hybridized carbons (Fsp3) is 0.641. The molecule has 0 spiro atoms. The number of aromatic nitrogens is 4. The summed E-state index contributed by atoms with van der Waals surface area (Å²) in [7, 11) is 2.01. The highest BCUT2D eigenvalue weighted by molar-refractivity contribution is 5.70. The summed E-state index contributed by atoms with van der Waals surface area (Å²) < 4.78 is 1.93. The molecule has 3 aromatic rings. The minimum atomic E-state index is -0.648. The molecule has 256 valence electrons. The first-order valence-corrected chi connectivity index (χ1v) is 18.8. The van der Waals surface area contributed by atoms with Crippen LogP contribution in [-0.4, -0.2) is 60.4 Å². The Morgan fingerprint density at radius 1 is 0.958 bits per heavy atom. The third-order valence-corrected chi connectivity index (χ3v) is 12.8. The van der Waals surface area contributed by atoms with E-state index < -0.39 is 5.97 Å². The molecule has 0 unspecified atom stereocenters. The first kappa shape index (κ1) is 31.8. The number of aryl methyl sites for hydroxylation is 2. The molecule has 2 aromatic heterocycles. The molecule has 2 saturated heterocycles. The van der Waals surface area contributed by atoms with E-state index in [-0.39, 0.29) is 18.0 Å². The van der Waals surface area contributed by atoms with Crippen LogP contribution >= 0.6 is 0 Å². The van der Waals surface area contributed by atoms with Crippen molar-refractivity contribution in [3.63, 3.8) is 0 Å². The van der Waals surface area contributed by atoms with E-state index in [4.69, 9.17) is 9.97 Å². The number of aliphatic carboxylic acids is 1. The van der Waals surface area contributed by atoms with Crippen molar-refractivity contribution in [2.24, 2.45) is 30.7 Å². The normalized spacial score (nSPS) is 30.8. The first-order valence-electron chi connectivity index (χ1n) is 18.8. The molecular formula is C39H53N7O2. The van der Waals surface area contributed by atoms with Crippen molar-refractivity contribution in [2.75, 3.05) is 17.2 Å². The van der Waals surface area contributed by atoms with Crippen LogP contribution in [0.15, 0.2) is 42.7 Å². The van der Waals surface area contributed by atoms with Gasteiger partial charge in [0.1, 0.15) is 5.82 Å². The van der Waals surface area contributed by atoms with Gasteiger partial charge in [0.05, 0.1) is 23.9 Å². The molecule has 2 aliphatic heterocycles. The van der Waals surface area contributed by atoms with E-state index in [1.165, 1.54) is 48.8 Å². The van der Waals surface area contributed by atoms with Crippen molar-refractivity contribution >= 4 is 17.7 Å². The number of nitrogens with one attached hydrogen (secondary N) is 2. The van der Waals surface area contributed by atoms with E-state index >= 15 is 0 Å². The summed E-state index contributed by atoms with van der Waals surface area (Å²) in [6.45, 7) is 3.19. The molecule has 3 atom stereocenters. The molecule has 5 fully saturated rings. The zero-order valence-electron chi connectivity index (χ0n) is 28.7. The Kier molecular flexibility index (Phi) is 8.91. The number of piperidine rings is 2. The highest BCUT2D eigenvalue weighted by Crippen LogP contribution is 2.50. The smallest absolute Gasteiger partial charge is 0.306 e. The monoisotopic (exact) mass is 651 g/mol. The number of carbonyl (C=O) groups is 1. The number of carboxylic acids is 1. The van der Waals surface area contributed by atoms with Gasteiger partial charge in [-0.2, -0.15) is 10.1 Å². The lowest BCUT2D eigenvalue weighted by Gasteiger charge is -2.57. The molecule has 3 N–H and O–H groups in total. The van der Waals surface area contributed by atoms with Crippen molar-refractivity contribution in [2.45, 2.75) is 120 Å². The zero-order valence-corrected chi connectivity index (χ0v) is 28.7.